The van der Waals surface area contributed by atoms with Gasteiger partial charge >= 0.3 is 5.97 Å². The molecule has 3 rings (SSSR count). The summed E-state index contributed by atoms with van der Waals surface area (Å²) in [5.74, 6) is 0.137. The van der Waals surface area contributed by atoms with Crippen LogP contribution < -0.4 is 4.74 Å². The number of aryl methyl sites for hydroxylation is 3. The summed E-state index contributed by atoms with van der Waals surface area (Å²) in [7, 11) is 1.64. The fraction of sp³-hybridized carbons (Fsp3) is 0.400. The number of nitrogens with zero attached hydrogens (tertiary/aromatic N) is 2. The third-order valence-corrected chi connectivity index (χ3v) is 5.63. The van der Waals surface area contributed by atoms with Gasteiger partial charge in [-0.05, 0) is 52.8 Å². The molecule has 1 atom stereocenters. The Morgan fingerprint density at radius 2 is 1.85 bits per heavy atom. The smallest absolute Gasteiger partial charge is 0.342 e. The summed E-state index contributed by atoms with van der Waals surface area (Å²) in [5.41, 5.74) is 4.11. The molecular weight excluding hydrogens is 424 g/mol. The highest BCUT2D eigenvalue weighted by molar-refractivity contribution is 6.01. The predicted octanol–water partition coefficient (Wildman–Crippen LogP) is 4.54. The fourth-order valence-electron chi connectivity index (χ4n) is 3.96. The summed E-state index contributed by atoms with van der Waals surface area (Å²) in [6, 6.07) is 8.67. The van der Waals surface area contributed by atoms with E-state index in [0.29, 0.717) is 23.7 Å². The zero-order valence-corrected chi connectivity index (χ0v) is 19.9. The molecule has 0 spiro atoms. The quantitative estimate of drug-likeness (QED) is 0.328. The average molecular weight is 455 g/mol. The van der Waals surface area contributed by atoms with E-state index < -0.39 is 5.97 Å². The Morgan fingerprint density at radius 3 is 2.52 bits per heavy atom. The van der Waals surface area contributed by atoms with Crippen LogP contribution in [0, 0.1) is 27.7 Å². The molecule has 2 aromatic heterocycles. The number of para-hydroxylation sites is 1. The highest BCUT2D eigenvalue weighted by Gasteiger charge is 2.21. The van der Waals surface area contributed by atoms with Gasteiger partial charge in [-0.3, -0.25) is 4.79 Å². The Balaban J connectivity index is 1.68. The van der Waals surface area contributed by atoms with Crippen molar-refractivity contribution < 1.29 is 28.3 Å². The van der Waals surface area contributed by atoms with E-state index in [2.05, 4.69) is 9.72 Å². The molecule has 0 aliphatic carbocycles. The first kappa shape index (κ1) is 24.3. The van der Waals surface area contributed by atoms with Crippen LogP contribution in [0.3, 0.4) is 0 Å². The lowest BCUT2D eigenvalue weighted by molar-refractivity contribution is 0.0470. The van der Waals surface area contributed by atoms with E-state index in [0.717, 1.165) is 22.6 Å². The molecule has 8 nitrogen and oxygen atoms in total. The molecule has 1 unspecified atom stereocenters. The van der Waals surface area contributed by atoms with Gasteiger partial charge in [0.1, 0.15) is 23.7 Å². The van der Waals surface area contributed by atoms with Crippen LogP contribution >= 0.6 is 0 Å². The number of ketones is 1. The standard InChI is InChI=1S/C25H30N2O6/c1-15-11-21(18(4)27(15)16(2)12-30-6)23(28)14-32-25(29)20-9-7-8-10-24(20)31-13-22-17(3)26-33-19(22)5/h7-11,16H,12-14H2,1-6H3. The van der Waals surface area contributed by atoms with Crippen LogP contribution in [-0.4, -0.2) is 41.8 Å². The van der Waals surface area contributed by atoms with Gasteiger partial charge in [-0.2, -0.15) is 0 Å². The fourth-order valence-corrected chi connectivity index (χ4v) is 3.96. The summed E-state index contributed by atoms with van der Waals surface area (Å²) in [4.78, 5) is 25.6. The van der Waals surface area contributed by atoms with Gasteiger partial charge in [-0.25, -0.2) is 4.79 Å². The molecule has 176 valence electrons. The van der Waals surface area contributed by atoms with Crippen LogP contribution in [0.25, 0.3) is 0 Å². The normalized spacial score (nSPS) is 11.9. The molecule has 0 radical (unpaired) electrons. The number of Topliss-reactive ketones (excluding diaryl/α,β-unsaturated/α-hetero) is 1. The van der Waals surface area contributed by atoms with Crippen molar-refractivity contribution >= 4 is 11.8 Å². The third kappa shape index (κ3) is 5.34. The number of hydrogen-bond acceptors (Lipinski definition) is 7. The monoisotopic (exact) mass is 454 g/mol. The molecule has 8 heteroatoms. The molecule has 0 saturated carbocycles. The summed E-state index contributed by atoms with van der Waals surface area (Å²) in [6.45, 7) is 9.85. The van der Waals surface area contributed by atoms with Gasteiger partial charge in [0.25, 0.3) is 0 Å². The maximum absolute atomic E-state index is 12.8. The minimum Gasteiger partial charge on any atom is -0.488 e. The van der Waals surface area contributed by atoms with Gasteiger partial charge in [0.15, 0.2) is 6.61 Å². The summed E-state index contributed by atoms with van der Waals surface area (Å²) in [5, 5.41) is 3.91. The second-order valence-corrected chi connectivity index (χ2v) is 8.05. The highest BCUT2D eigenvalue weighted by Crippen LogP contribution is 2.24. The van der Waals surface area contributed by atoms with E-state index in [9.17, 15) is 9.59 Å². The summed E-state index contributed by atoms with van der Waals surface area (Å²) < 4.78 is 23.6. The maximum atomic E-state index is 12.8. The second-order valence-electron chi connectivity index (χ2n) is 8.05. The van der Waals surface area contributed by atoms with Gasteiger partial charge in [-0.1, -0.05) is 17.3 Å². The molecule has 1 aromatic carbocycles. The van der Waals surface area contributed by atoms with Gasteiger partial charge in [0.05, 0.1) is 23.9 Å². The molecule has 0 bridgehead atoms. The van der Waals surface area contributed by atoms with Crippen LogP contribution in [0.1, 0.15) is 62.1 Å². The van der Waals surface area contributed by atoms with Crippen molar-refractivity contribution in [1.29, 1.82) is 0 Å². The predicted molar refractivity (Wildman–Crippen MR) is 122 cm³/mol. The average Bonchev–Trinajstić information content (AvgIpc) is 3.27. The maximum Gasteiger partial charge on any atom is 0.342 e. The Morgan fingerprint density at radius 1 is 1.12 bits per heavy atom. The minimum atomic E-state index is -0.626. The topological polar surface area (TPSA) is 92.8 Å². The number of methoxy groups -OCH3 is 1. The van der Waals surface area contributed by atoms with Gasteiger partial charge in [0.2, 0.25) is 5.78 Å². The molecule has 0 aliphatic rings. The Bertz CT molecular complexity index is 1120. The lowest BCUT2D eigenvalue weighted by Crippen LogP contribution is -2.17. The molecular formula is C25H30N2O6. The Kier molecular flexibility index (Phi) is 7.71. The summed E-state index contributed by atoms with van der Waals surface area (Å²) >= 11 is 0. The lowest BCUT2D eigenvalue weighted by Gasteiger charge is -2.17. The molecule has 0 fully saturated rings. The number of ether oxygens (including phenoxy) is 3. The van der Waals surface area contributed by atoms with Crippen LogP contribution in [0.15, 0.2) is 34.9 Å². The molecule has 0 aliphatic heterocycles. The van der Waals surface area contributed by atoms with Crippen molar-refractivity contribution in [3.05, 3.63) is 69.9 Å². The number of carbonyl (C=O) groups is 2. The van der Waals surface area contributed by atoms with E-state index >= 15 is 0 Å². The van der Waals surface area contributed by atoms with Crippen molar-refractivity contribution in [2.45, 2.75) is 47.3 Å². The van der Waals surface area contributed by atoms with Crippen LogP contribution in [0.4, 0.5) is 0 Å². The molecule has 0 amide bonds. The van der Waals surface area contributed by atoms with Crippen LogP contribution in [-0.2, 0) is 16.1 Å². The number of rotatable bonds is 10. The number of benzene rings is 1. The van der Waals surface area contributed by atoms with E-state index in [1.807, 2.05) is 33.8 Å². The van der Waals surface area contributed by atoms with Crippen molar-refractivity contribution in [2.24, 2.45) is 0 Å². The van der Waals surface area contributed by atoms with Gasteiger partial charge < -0.3 is 23.3 Å². The first-order chi connectivity index (χ1) is 15.7. The largest absolute Gasteiger partial charge is 0.488 e. The van der Waals surface area contributed by atoms with Crippen molar-refractivity contribution in [3.63, 3.8) is 0 Å². The van der Waals surface area contributed by atoms with Crippen LogP contribution in [0.2, 0.25) is 0 Å². The number of aromatic nitrogens is 2. The molecule has 33 heavy (non-hydrogen) atoms. The van der Waals surface area contributed by atoms with Gasteiger partial charge in [-0.15, -0.1) is 0 Å². The zero-order valence-electron chi connectivity index (χ0n) is 19.9. The molecule has 0 saturated heterocycles. The number of esters is 1. The number of hydrogen-bond donors (Lipinski definition) is 0. The van der Waals surface area contributed by atoms with Crippen LogP contribution in [0.5, 0.6) is 5.75 Å². The Hall–Kier alpha value is -3.39. The molecule has 3 aromatic rings. The highest BCUT2D eigenvalue weighted by atomic mass is 16.5. The van der Waals surface area contributed by atoms with Gasteiger partial charge in [0, 0.05) is 24.1 Å². The minimum absolute atomic E-state index is 0.0841. The molecule has 2 heterocycles. The van der Waals surface area contributed by atoms with E-state index in [-0.39, 0.29) is 30.6 Å². The molecule has 0 N–H and O–H groups in total. The summed E-state index contributed by atoms with van der Waals surface area (Å²) in [6.07, 6.45) is 0. The SMILES string of the molecule is COCC(C)n1c(C)cc(C(=O)COC(=O)c2ccccc2OCc2c(C)noc2C)c1C. The zero-order chi connectivity index (χ0) is 24.1. The lowest BCUT2D eigenvalue weighted by atomic mass is 10.1. The van der Waals surface area contributed by atoms with E-state index in [4.69, 9.17) is 18.7 Å². The number of carbonyl (C=O) groups excluding carboxylic acids is 2. The van der Waals surface area contributed by atoms with Crippen molar-refractivity contribution in [2.75, 3.05) is 20.3 Å². The van der Waals surface area contributed by atoms with E-state index in [1.165, 1.54) is 0 Å². The first-order valence-corrected chi connectivity index (χ1v) is 10.8. The van der Waals surface area contributed by atoms with E-state index in [1.54, 1.807) is 38.3 Å². The second kappa shape index (κ2) is 10.5. The first-order valence-electron chi connectivity index (χ1n) is 10.8. The van der Waals surface area contributed by atoms with Crippen molar-refractivity contribution in [1.82, 2.24) is 9.72 Å². The Labute approximate surface area is 193 Å². The third-order valence-electron chi connectivity index (χ3n) is 5.63. The van der Waals surface area contributed by atoms with Crippen molar-refractivity contribution in [3.8, 4) is 5.75 Å².